The Kier molecular flexibility index (Phi) is 4.47. The maximum atomic E-state index is 12.3. The van der Waals surface area contributed by atoms with Gasteiger partial charge in [0.1, 0.15) is 0 Å². The van der Waals surface area contributed by atoms with Crippen molar-refractivity contribution in [2.75, 3.05) is 6.61 Å². The Morgan fingerprint density at radius 1 is 1.33 bits per heavy atom. The normalized spacial score (nSPS) is 38.8. The van der Waals surface area contributed by atoms with Gasteiger partial charge in [-0.25, -0.2) is 4.79 Å². The number of hydrogen-bond acceptors (Lipinski definition) is 4. The van der Waals surface area contributed by atoms with Gasteiger partial charge >= 0.3 is 5.97 Å². The van der Waals surface area contributed by atoms with E-state index in [9.17, 15) is 9.90 Å². The molecule has 4 nitrogen and oxygen atoms in total. The van der Waals surface area contributed by atoms with Crippen molar-refractivity contribution in [2.45, 2.75) is 63.8 Å². The number of cyclic esters (lactones) is 1. The maximum Gasteiger partial charge on any atom is 0.334 e. The molecule has 0 spiro atoms. The number of allylic oxidation sites excluding steroid dienone is 2. The average molecular weight is 332 g/mol. The van der Waals surface area contributed by atoms with E-state index in [4.69, 9.17) is 9.47 Å². The van der Waals surface area contributed by atoms with Gasteiger partial charge in [-0.3, -0.25) is 0 Å². The highest BCUT2D eigenvalue weighted by molar-refractivity contribution is 5.90. The van der Waals surface area contributed by atoms with Crippen molar-refractivity contribution in [3.63, 3.8) is 0 Å². The first-order valence-corrected chi connectivity index (χ1v) is 8.84. The van der Waals surface area contributed by atoms with Crippen molar-refractivity contribution in [3.8, 4) is 0 Å². The lowest BCUT2D eigenvalue weighted by Gasteiger charge is -2.34. The van der Waals surface area contributed by atoms with Gasteiger partial charge in [-0.1, -0.05) is 30.4 Å². The largest absolute Gasteiger partial charge is 0.462 e. The lowest BCUT2D eigenvalue weighted by Crippen LogP contribution is -2.34. The second-order valence-corrected chi connectivity index (χ2v) is 8.10. The number of rotatable bonds is 2. The summed E-state index contributed by atoms with van der Waals surface area (Å²) in [7, 11) is 0. The third kappa shape index (κ3) is 3.65. The van der Waals surface area contributed by atoms with E-state index >= 15 is 0 Å². The van der Waals surface area contributed by atoms with Gasteiger partial charge in [0.2, 0.25) is 0 Å². The molecule has 4 atom stereocenters. The van der Waals surface area contributed by atoms with Crippen LogP contribution in [-0.2, 0) is 14.3 Å². The van der Waals surface area contributed by atoms with E-state index in [1.807, 2.05) is 0 Å². The summed E-state index contributed by atoms with van der Waals surface area (Å²) < 4.78 is 11.3. The molecule has 0 radical (unpaired) electrons. The minimum absolute atomic E-state index is 0.0371. The number of aliphatic hydroxyl groups is 1. The van der Waals surface area contributed by atoms with Crippen LogP contribution in [0.1, 0.15) is 46.5 Å². The summed E-state index contributed by atoms with van der Waals surface area (Å²) in [6.45, 7) is 10.3. The molecule has 0 bridgehead atoms. The summed E-state index contributed by atoms with van der Waals surface area (Å²) in [6.07, 6.45) is 9.34. The summed E-state index contributed by atoms with van der Waals surface area (Å²) in [5.41, 5.74) is 0.907. The SMILES string of the molecule is C=C1CC[C@@H]2O[C@@]2(C)CC[C@@H]2/C(=C/C=C/C(C)(C)O)C(=O)OC[C@@H]12. The van der Waals surface area contributed by atoms with E-state index < -0.39 is 5.60 Å². The number of fused-ring (bicyclic) bond motifs is 2. The first-order valence-electron chi connectivity index (χ1n) is 8.84. The monoisotopic (exact) mass is 332 g/mol. The quantitative estimate of drug-likeness (QED) is 0.365. The van der Waals surface area contributed by atoms with Crippen molar-refractivity contribution in [2.24, 2.45) is 11.8 Å². The lowest BCUT2D eigenvalue weighted by atomic mass is 9.76. The Balaban J connectivity index is 1.86. The van der Waals surface area contributed by atoms with Crippen LogP contribution >= 0.6 is 0 Å². The van der Waals surface area contributed by atoms with Crippen LogP contribution in [0.25, 0.3) is 0 Å². The molecule has 3 rings (SSSR count). The highest BCUT2D eigenvalue weighted by atomic mass is 16.6. The number of carbonyl (C=O) groups is 1. The number of carbonyl (C=O) groups excluding carboxylic acids is 1. The zero-order valence-corrected chi connectivity index (χ0v) is 14.9. The zero-order chi connectivity index (χ0) is 17.5. The Morgan fingerprint density at radius 3 is 2.79 bits per heavy atom. The number of hydrogen-bond donors (Lipinski definition) is 1. The molecule has 2 heterocycles. The van der Waals surface area contributed by atoms with E-state index in [0.717, 1.165) is 31.3 Å². The Labute approximate surface area is 144 Å². The fourth-order valence-electron chi connectivity index (χ4n) is 3.89. The van der Waals surface area contributed by atoms with Gasteiger partial charge in [-0.2, -0.15) is 0 Å². The molecule has 132 valence electrons. The van der Waals surface area contributed by atoms with Gasteiger partial charge in [0.25, 0.3) is 0 Å². The lowest BCUT2D eigenvalue weighted by molar-refractivity contribution is -0.144. The van der Waals surface area contributed by atoms with Gasteiger partial charge in [-0.05, 0) is 46.5 Å². The second kappa shape index (κ2) is 6.16. The van der Waals surface area contributed by atoms with Crippen molar-refractivity contribution in [3.05, 3.63) is 36.0 Å². The van der Waals surface area contributed by atoms with Gasteiger partial charge in [0.15, 0.2) is 0 Å². The molecule has 0 aromatic rings. The molecule has 0 unspecified atom stereocenters. The predicted molar refractivity (Wildman–Crippen MR) is 92.3 cm³/mol. The van der Waals surface area contributed by atoms with E-state index in [0.29, 0.717) is 18.3 Å². The summed E-state index contributed by atoms with van der Waals surface area (Å²) >= 11 is 0. The molecule has 3 aliphatic rings. The highest BCUT2D eigenvalue weighted by Gasteiger charge is 2.53. The highest BCUT2D eigenvalue weighted by Crippen LogP contribution is 2.49. The van der Waals surface area contributed by atoms with E-state index in [1.54, 1.807) is 32.1 Å². The Morgan fingerprint density at radius 2 is 2.08 bits per heavy atom. The van der Waals surface area contributed by atoms with Crippen molar-refractivity contribution in [1.82, 2.24) is 0 Å². The van der Waals surface area contributed by atoms with Crippen LogP contribution in [0.15, 0.2) is 36.0 Å². The number of epoxide rings is 1. The standard InChI is InChI=1S/C20H28O4/c1-13-7-8-17-20(4,24-17)11-9-14-15(6-5-10-19(2,3)22)18(21)23-12-16(13)14/h5-6,10,14,16-17,22H,1,7-9,11-12H2,2-4H3/b10-5+,15-6-/t14-,16+,17+,20+/m1/s1. The maximum absolute atomic E-state index is 12.3. The van der Waals surface area contributed by atoms with Crippen LogP contribution < -0.4 is 0 Å². The summed E-state index contributed by atoms with van der Waals surface area (Å²) in [5.74, 6) is 0.0534. The van der Waals surface area contributed by atoms with Crippen molar-refractivity contribution >= 4 is 5.97 Å². The molecule has 1 N–H and O–H groups in total. The van der Waals surface area contributed by atoms with Gasteiger partial charge in [0, 0.05) is 17.4 Å². The summed E-state index contributed by atoms with van der Waals surface area (Å²) in [6, 6.07) is 0. The second-order valence-electron chi connectivity index (χ2n) is 8.10. The Bertz CT molecular complexity index is 595. The summed E-state index contributed by atoms with van der Waals surface area (Å²) in [4.78, 5) is 12.3. The van der Waals surface area contributed by atoms with Crippen LogP contribution in [0.4, 0.5) is 0 Å². The molecule has 2 saturated heterocycles. The first kappa shape index (κ1) is 17.4. The van der Waals surface area contributed by atoms with Crippen LogP contribution in [0.3, 0.4) is 0 Å². The molecular weight excluding hydrogens is 304 g/mol. The Hall–Kier alpha value is -1.39. The molecule has 0 aromatic carbocycles. The van der Waals surface area contributed by atoms with Gasteiger partial charge in [0.05, 0.1) is 23.9 Å². The van der Waals surface area contributed by atoms with Crippen LogP contribution in [0, 0.1) is 11.8 Å². The van der Waals surface area contributed by atoms with Crippen LogP contribution in [0.5, 0.6) is 0 Å². The minimum atomic E-state index is -0.903. The first-order chi connectivity index (χ1) is 11.2. The smallest absolute Gasteiger partial charge is 0.334 e. The van der Waals surface area contributed by atoms with E-state index in [2.05, 4.69) is 13.5 Å². The molecule has 0 amide bonds. The van der Waals surface area contributed by atoms with Crippen LogP contribution in [0.2, 0.25) is 0 Å². The molecule has 24 heavy (non-hydrogen) atoms. The topological polar surface area (TPSA) is 59.1 Å². The van der Waals surface area contributed by atoms with Crippen molar-refractivity contribution < 1.29 is 19.4 Å². The number of esters is 1. The predicted octanol–water partition coefficient (Wildman–Crippen LogP) is 3.32. The fourth-order valence-corrected chi connectivity index (χ4v) is 3.89. The molecule has 1 saturated carbocycles. The van der Waals surface area contributed by atoms with Crippen LogP contribution in [-0.4, -0.2) is 35.0 Å². The zero-order valence-electron chi connectivity index (χ0n) is 14.9. The fraction of sp³-hybridized carbons (Fsp3) is 0.650. The third-order valence-electron chi connectivity index (χ3n) is 5.53. The minimum Gasteiger partial charge on any atom is -0.462 e. The molecule has 4 heteroatoms. The molecule has 0 aromatic heterocycles. The molecule has 3 fully saturated rings. The van der Waals surface area contributed by atoms with Crippen molar-refractivity contribution in [1.29, 1.82) is 0 Å². The molecular formula is C20H28O4. The van der Waals surface area contributed by atoms with Gasteiger partial charge in [-0.15, -0.1) is 0 Å². The van der Waals surface area contributed by atoms with E-state index in [1.165, 1.54) is 0 Å². The molecule has 1 aliphatic carbocycles. The average Bonchev–Trinajstić information content (AvgIpc) is 3.13. The van der Waals surface area contributed by atoms with Gasteiger partial charge < -0.3 is 14.6 Å². The number of ether oxygens (including phenoxy) is 2. The van der Waals surface area contributed by atoms with E-state index in [-0.39, 0.29) is 23.4 Å². The molecule has 2 aliphatic heterocycles. The summed E-state index contributed by atoms with van der Waals surface area (Å²) in [5, 5.41) is 9.82. The third-order valence-corrected chi connectivity index (χ3v) is 5.53.